The minimum absolute atomic E-state index is 0.262. The highest BCUT2D eigenvalue weighted by Gasteiger charge is 2.56. The molecular formula is C24H31N3O5. The molecule has 8 heteroatoms. The number of nitrogens with one attached hydrogen (secondary N) is 2. The van der Waals surface area contributed by atoms with Crippen molar-refractivity contribution in [2.45, 2.75) is 63.4 Å². The average molecular weight is 442 g/mol. The third-order valence-electron chi connectivity index (χ3n) is 5.53. The van der Waals surface area contributed by atoms with Crippen LogP contribution in [0.25, 0.3) is 0 Å². The first-order chi connectivity index (χ1) is 15.4. The van der Waals surface area contributed by atoms with Gasteiger partial charge in [0.15, 0.2) is 18.0 Å². The third-order valence-corrected chi connectivity index (χ3v) is 5.53. The highest BCUT2D eigenvalue weighted by Crippen LogP contribution is 2.38. The molecule has 172 valence electrons. The van der Waals surface area contributed by atoms with Crippen LogP contribution >= 0.6 is 0 Å². The molecule has 2 saturated heterocycles. The molecule has 0 saturated carbocycles. The maximum Gasteiger partial charge on any atom is 0.192 e. The summed E-state index contributed by atoms with van der Waals surface area (Å²) >= 11 is 0. The number of hydrogen-bond donors (Lipinski definition) is 4. The van der Waals surface area contributed by atoms with Gasteiger partial charge in [0.2, 0.25) is 0 Å². The number of guanidine groups is 1. The van der Waals surface area contributed by atoms with Gasteiger partial charge in [-0.3, -0.25) is 0 Å². The Hall–Kier alpha value is -2.49. The Morgan fingerprint density at radius 3 is 2.31 bits per heavy atom. The van der Waals surface area contributed by atoms with E-state index in [1.54, 1.807) is 13.8 Å². The van der Waals surface area contributed by atoms with Gasteiger partial charge in [-0.1, -0.05) is 60.7 Å². The van der Waals surface area contributed by atoms with Crippen molar-refractivity contribution >= 4 is 5.96 Å². The summed E-state index contributed by atoms with van der Waals surface area (Å²) in [5.41, 5.74) is 2.16. The largest absolute Gasteiger partial charge is 0.394 e. The number of rotatable bonds is 7. The summed E-state index contributed by atoms with van der Waals surface area (Å²) in [5.74, 6) is -0.310. The second-order valence-electron chi connectivity index (χ2n) is 8.48. The lowest BCUT2D eigenvalue weighted by Crippen LogP contribution is -2.54. The molecule has 0 aliphatic carbocycles. The van der Waals surface area contributed by atoms with Crippen LogP contribution in [0.5, 0.6) is 0 Å². The van der Waals surface area contributed by atoms with Gasteiger partial charge >= 0.3 is 0 Å². The Kier molecular flexibility index (Phi) is 7.07. The van der Waals surface area contributed by atoms with E-state index in [1.165, 1.54) is 0 Å². The van der Waals surface area contributed by atoms with E-state index >= 15 is 0 Å². The smallest absolute Gasteiger partial charge is 0.192 e. The quantitative estimate of drug-likeness (QED) is 0.381. The fourth-order valence-electron chi connectivity index (χ4n) is 3.94. The number of hydrogen-bond acceptors (Lipinski definition) is 6. The standard InChI is InChI=1S/C24H31N3O5/c1-24(2)31-21-19(29)20(30-22(21)32-24)18(15-28)27-23(25-13-16-9-5-3-6-10-16)26-14-17-11-7-4-8-12-17/h3-12,18-22,28-29H,13-15H2,1-2H3,(H2,25,26,27)/t18-,19-,20+,21+,22+/m0/s1. The molecule has 0 bridgehead atoms. The minimum Gasteiger partial charge on any atom is -0.394 e. The van der Waals surface area contributed by atoms with E-state index in [4.69, 9.17) is 14.2 Å². The predicted molar refractivity (Wildman–Crippen MR) is 120 cm³/mol. The second kappa shape index (κ2) is 9.97. The lowest BCUT2D eigenvalue weighted by Gasteiger charge is -2.29. The molecule has 4 rings (SSSR count). The highest BCUT2D eigenvalue weighted by molar-refractivity contribution is 5.80. The highest BCUT2D eigenvalue weighted by atomic mass is 16.8. The maximum absolute atomic E-state index is 10.8. The molecule has 2 heterocycles. The van der Waals surface area contributed by atoms with Crippen LogP contribution < -0.4 is 10.6 Å². The average Bonchev–Trinajstić information content (AvgIpc) is 3.26. The summed E-state index contributed by atoms with van der Waals surface area (Å²) in [6.07, 6.45) is -2.95. The number of benzene rings is 2. The predicted octanol–water partition coefficient (Wildman–Crippen LogP) is 1.52. The number of ether oxygens (including phenoxy) is 3. The molecule has 5 atom stereocenters. The number of fused-ring (bicyclic) bond motifs is 1. The van der Waals surface area contributed by atoms with Crippen molar-refractivity contribution in [3.05, 3.63) is 71.8 Å². The van der Waals surface area contributed by atoms with Crippen molar-refractivity contribution < 1.29 is 24.4 Å². The molecular weight excluding hydrogens is 410 g/mol. The van der Waals surface area contributed by atoms with E-state index in [-0.39, 0.29) is 6.61 Å². The molecule has 4 N–H and O–H groups in total. The van der Waals surface area contributed by atoms with Gasteiger partial charge in [0, 0.05) is 6.54 Å². The molecule has 32 heavy (non-hydrogen) atoms. The molecule has 0 amide bonds. The van der Waals surface area contributed by atoms with Gasteiger partial charge in [0.25, 0.3) is 0 Å². The van der Waals surface area contributed by atoms with Gasteiger partial charge < -0.3 is 35.1 Å². The summed E-state index contributed by atoms with van der Waals surface area (Å²) < 4.78 is 17.4. The first-order valence-corrected chi connectivity index (χ1v) is 10.9. The summed E-state index contributed by atoms with van der Waals surface area (Å²) in [6, 6.07) is 19.3. The minimum atomic E-state index is -0.948. The van der Waals surface area contributed by atoms with Crippen LogP contribution in [-0.2, 0) is 27.3 Å². The van der Waals surface area contributed by atoms with Gasteiger partial charge in [-0.15, -0.1) is 0 Å². The van der Waals surface area contributed by atoms with Crippen LogP contribution in [0.3, 0.4) is 0 Å². The summed E-state index contributed by atoms with van der Waals surface area (Å²) in [5, 5.41) is 27.4. The van der Waals surface area contributed by atoms with Crippen LogP contribution in [-0.4, -0.2) is 59.2 Å². The molecule has 2 aromatic carbocycles. The second-order valence-corrected chi connectivity index (χ2v) is 8.48. The fourth-order valence-corrected chi connectivity index (χ4v) is 3.94. The molecule has 8 nitrogen and oxygen atoms in total. The molecule has 0 radical (unpaired) electrons. The van der Waals surface area contributed by atoms with Crippen LogP contribution in [0.2, 0.25) is 0 Å². The number of aliphatic hydroxyl groups excluding tert-OH is 2. The lowest BCUT2D eigenvalue weighted by molar-refractivity contribution is -0.218. The number of aliphatic hydroxyl groups is 2. The van der Waals surface area contributed by atoms with Gasteiger partial charge in [-0.25, -0.2) is 4.99 Å². The summed E-state index contributed by atoms with van der Waals surface area (Å²) in [6.45, 7) is 4.31. The molecule has 2 aliphatic rings. The first-order valence-electron chi connectivity index (χ1n) is 10.9. The van der Waals surface area contributed by atoms with E-state index in [9.17, 15) is 10.2 Å². The van der Waals surface area contributed by atoms with Crippen LogP contribution in [0.4, 0.5) is 0 Å². The maximum atomic E-state index is 10.8. The van der Waals surface area contributed by atoms with E-state index in [0.29, 0.717) is 19.0 Å². The SMILES string of the molecule is CC1(C)O[C@H]2O[C@H]([C@H](CO)NC(=NCc3ccccc3)NCc3ccccc3)[C@H](O)[C@H]2O1. The van der Waals surface area contributed by atoms with Crippen LogP contribution in [0, 0.1) is 0 Å². The van der Waals surface area contributed by atoms with Crippen molar-refractivity contribution in [3.63, 3.8) is 0 Å². The van der Waals surface area contributed by atoms with Gasteiger partial charge in [-0.2, -0.15) is 0 Å². The number of aliphatic imine (C=N–C) groups is 1. The van der Waals surface area contributed by atoms with Crippen molar-refractivity contribution in [3.8, 4) is 0 Å². The normalized spacial score (nSPS) is 27.7. The summed E-state index contributed by atoms with van der Waals surface area (Å²) in [7, 11) is 0. The summed E-state index contributed by atoms with van der Waals surface area (Å²) in [4.78, 5) is 4.67. The third kappa shape index (κ3) is 5.46. The van der Waals surface area contributed by atoms with Crippen molar-refractivity contribution in [2.75, 3.05) is 6.61 Å². The van der Waals surface area contributed by atoms with E-state index in [1.807, 2.05) is 60.7 Å². The Bertz CT molecular complexity index is 893. The monoisotopic (exact) mass is 441 g/mol. The molecule has 0 unspecified atom stereocenters. The Labute approximate surface area is 188 Å². The van der Waals surface area contributed by atoms with Crippen molar-refractivity contribution in [1.29, 1.82) is 0 Å². The molecule has 0 spiro atoms. The Balaban J connectivity index is 1.46. The molecule has 2 fully saturated rings. The van der Waals surface area contributed by atoms with Gasteiger partial charge in [0.05, 0.1) is 19.2 Å². The van der Waals surface area contributed by atoms with Gasteiger partial charge in [0.1, 0.15) is 18.3 Å². The van der Waals surface area contributed by atoms with Gasteiger partial charge in [-0.05, 0) is 25.0 Å². The van der Waals surface area contributed by atoms with E-state index in [2.05, 4.69) is 15.6 Å². The van der Waals surface area contributed by atoms with Crippen molar-refractivity contribution in [1.82, 2.24) is 10.6 Å². The zero-order chi connectivity index (χ0) is 22.6. The Morgan fingerprint density at radius 1 is 1.03 bits per heavy atom. The first kappa shape index (κ1) is 22.7. The van der Waals surface area contributed by atoms with Crippen LogP contribution in [0.15, 0.2) is 65.7 Å². The fraction of sp³-hybridized carbons (Fsp3) is 0.458. The molecule has 2 aliphatic heterocycles. The number of nitrogens with zero attached hydrogens (tertiary/aromatic N) is 1. The lowest BCUT2D eigenvalue weighted by atomic mass is 10.0. The molecule has 0 aromatic heterocycles. The molecule has 2 aromatic rings. The van der Waals surface area contributed by atoms with Crippen LogP contribution in [0.1, 0.15) is 25.0 Å². The zero-order valence-corrected chi connectivity index (χ0v) is 18.3. The Morgan fingerprint density at radius 2 is 1.69 bits per heavy atom. The van der Waals surface area contributed by atoms with Crippen molar-refractivity contribution in [2.24, 2.45) is 4.99 Å². The van der Waals surface area contributed by atoms with E-state index < -0.39 is 36.4 Å². The van der Waals surface area contributed by atoms with E-state index in [0.717, 1.165) is 11.1 Å². The topological polar surface area (TPSA) is 105 Å². The zero-order valence-electron chi connectivity index (χ0n) is 18.3.